The van der Waals surface area contributed by atoms with E-state index in [0.717, 1.165) is 29.9 Å². The number of benzene rings is 2. The van der Waals surface area contributed by atoms with E-state index < -0.39 is 0 Å². The summed E-state index contributed by atoms with van der Waals surface area (Å²) in [6.07, 6.45) is 5.86. The molecule has 0 spiro atoms. The molecule has 3 nitrogen and oxygen atoms in total. The molecule has 2 aromatic carbocycles. The van der Waals surface area contributed by atoms with Crippen LogP contribution in [0.15, 0.2) is 67.3 Å². The number of rotatable bonds is 10. The number of carbonyl (C=O) groups is 2. The molecule has 2 aromatic rings. The predicted molar refractivity (Wildman–Crippen MR) is 111 cm³/mol. The number of ketones is 1. The first-order valence-electron chi connectivity index (χ1n) is 10.1. The molecule has 0 amide bonds. The highest BCUT2D eigenvalue weighted by molar-refractivity contribution is 6.08. The van der Waals surface area contributed by atoms with Crippen LogP contribution in [0.5, 0.6) is 0 Å². The highest BCUT2D eigenvalue weighted by Gasteiger charge is 2.37. The van der Waals surface area contributed by atoms with Crippen LogP contribution in [0.4, 0.5) is 0 Å². The number of carbonyl (C=O) groups excluding carboxylic acids is 2. The lowest BCUT2D eigenvalue weighted by Gasteiger charge is -2.11. The molecule has 0 N–H and O–H groups in total. The first-order chi connectivity index (χ1) is 13.6. The fraction of sp³-hybridized carbons (Fsp3) is 0.360. The number of hydrogen-bond acceptors (Lipinski definition) is 3. The van der Waals surface area contributed by atoms with E-state index in [2.05, 4.69) is 25.6 Å². The fourth-order valence-corrected chi connectivity index (χ4v) is 3.71. The van der Waals surface area contributed by atoms with Crippen molar-refractivity contribution in [2.24, 2.45) is 11.8 Å². The zero-order valence-electron chi connectivity index (χ0n) is 16.5. The van der Waals surface area contributed by atoms with Gasteiger partial charge in [0.1, 0.15) is 0 Å². The van der Waals surface area contributed by atoms with Crippen LogP contribution >= 0.6 is 0 Å². The summed E-state index contributed by atoms with van der Waals surface area (Å²) in [5.41, 5.74) is 2.81. The molecule has 1 fully saturated rings. The molecule has 3 rings (SSSR count). The fourth-order valence-electron chi connectivity index (χ4n) is 3.71. The Morgan fingerprint density at radius 2 is 1.79 bits per heavy atom. The number of hydrogen-bond donors (Lipinski definition) is 0. The molecule has 0 aromatic heterocycles. The molecule has 0 radical (unpaired) electrons. The first-order valence-corrected chi connectivity index (χ1v) is 10.1. The van der Waals surface area contributed by atoms with Gasteiger partial charge >= 0.3 is 5.97 Å². The van der Waals surface area contributed by atoms with Gasteiger partial charge in [0.25, 0.3) is 0 Å². The van der Waals surface area contributed by atoms with Gasteiger partial charge in [0.2, 0.25) is 0 Å². The van der Waals surface area contributed by atoms with Crippen LogP contribution in [0.1, 0.15) is 60.0 Å². The normalized spacial score (nSPS) is 18.9. The van der Waals surface area contributed by atoms with Crippen LogP contribution in [0, 0.1) is 11.8 Å². The Morgan fingerprint density at radius 3 is 2.46 bits per heavy atom. The van der Waals surface area contributed by atoms with Gasteiger partial charge in [0, 0.05) is 17.2 Å². The molecule has 0 bridgehead atoms. The van der Waals surface area contributed by atoms with Crippen molar-refractivity contribution in [3.63, 3.8) is 0 Å². The van der Waals surface area contributed by atoms with Crippen LogP contribution in [0.3, 0.4) is 0 Å². The maximum absolute atomic E-state index is 12.5. The van der Waals surface area contributed by atoms with Crippen molar-refractivity contribution in [2.75, 3.05) is 6.61 Å². The monoisotopic (exact) mass is 376 g/mol. The first kappa shape index (κ1) is 20.1. The third-order valence-corrected chi connectivity index (χ3v) is 5.51. The molecule has 3 unspecified atom stereocenters. The SMILES string of the molecule is C=CC(=O)OCC(C)CCCC1CC1c1ccc(C(=O)c2ccccc2)cc1. The molecule has 0 saturated heterocycles. The van der Waals surface area contributed by atoms with Crippen molar-refractivity contribution in [2.45, 2.75) is 38.5 Å². The zero-order valence-corrected chi connectivity index (χ0v) is 16.5. The van der Waals surface area contributed by atoms with Gasteiger partial charge in [0.15, 0.2) is 5.78 Å². The summed E-state index contributed by atoms with van der Waals surface area (Å²) in [6, 6.07) is 17.5. The van der Waals surface area contributed by atoms with Gasteiger partial charge in [-0.3, -0.25) is 4.79 Å². The Labute approximate surface area is 167 Å². The molecule has 28 heavy (non-hydrogen) atoms. The molecule has 0 aliphatic heterocycles. The van der Waals surface area contributed by atoms with E-state index in [1.807, 2.05) is 42.5 Å². The minimum absolute atomic E-state index is 0.0747. The second-order valence-electron chi connectivity index (χ2n) is 7.79. The molecule has 0 heterocycles. The van der Waals surface area contributed by atoms with Gasteiger partial charge in [-0.15, -0.1) is 0 Å². The molecule has 3 heteroatoms. The number of esters is 1. The Balaban J connectivity index is 1.42. The van der Waals surface area contributed by atoms with Gasteiger partial charge < -0.3 is 4.74 Å². The minimum atomic E-state index is -0.344. The van der Waals surface area contributed by atoms with E-state index in [1.165, 1.54) is 24.5 Å². The molecule has 1 aliphatic rings. The molecule has 1 aliphatic carbocycles. The zero-order chi connectivity index (χ0) is 19.9. The third-order valence-electron chi connectivity index (χ3n) is 5.51. The van der Waals surface area contributed by atoms with Gasteiger partial charge in [-0.2, -0.15) is 0 Å². The van der Waals surface area contributed by atoms with Crippen LogP contribution in [-0.2, 0) is 9.53 Å². The predicted octanol–water partition coefficient (Wildman–Crippen LogP) is 5.56. The van der Waals surface area contributed by atoms with Gasteiger partial charge in [-0.05, 0) is 42.6 Å². The minimum Gasteiger partial charge on any atom is -0.462 e. The summed E-state index contributed by atoms with van der Waals surface area (Å²) in [5.74, 6) is 1.46. The topological polar surface area (TPSA) is 43.4 Å². The summed E-state index contributed by atoms with van der Waals surface area (Å²) >= 11 is 0. The second kappa shape index (κ2) is 9.50. The molecular weight excluding hydrogens is 348 g/mol. The highest BCUT2D eigenvalue weighted by atomic mass is 16.5. The maximum atomic E-state index is 12.5. The highest BCUT2D eigenvalue weighted by Crippen LogP contribution is 2.50. The van der Waals surface area contributed by atoms with E-state index in [0.29, 0.717) is 18.4 Å². The number of ether oxygens (including phenoxy) is 1. The van der Waals surface area contributed by atoms with Crippen LogP contribution in [-0.4, -0.2) is 18.4 Å². The Morgan fingerprint density at radius 1 is 1.11 bits per heavy atom. The van der Waals surface area contributed by atoms with Gasteiger partial charge in [-0.1, -0.05) is 74.5 Å². The van der Waals surface area contributed by atoms with E-state index in [-0.39, 0.29) is 11.8 Å². The van der Waals surface area contributed by atoms with Crippen molar-refractivity contribution in [3.05, 3.63) is 83.9 Å². The van der Waals surface area contributed by atoms with Crippen molar-refractivity contribution in [1.82, 2.24) is 0 Å². The Bertz CT molecular complexity index is 807. The lowest BCUT2D eigenvalue weighted by atomic mass is 9.99. The molecule has 3 atom stereocenters. The van der Waals surface area contributed by atoms with Gasteiger partial charge in [0.05, 0.1) is 6.61 Å². The molecule has 1 saturated carbocycles. The summed E-state index contributed by atoms with van der Waals surface area (Å²) in [6.45, 7) is 5.99. The lowest BCUT2D eigenvalue weighted by molar-refractivity contribution is -0.139. The third kappa shape index (κ3) is 5.41. The summed E-state index contributed by atoms with van der Waals surface area (Å²) in [4.78, 5) is 23.6. The van der Waals surface area contributed by atoms with E-state index in [1.54, 1.807) is 0 Å². The van der Waals surface area contributed by atoms with E-state index in [4.69, 9.17) is 4.74 Å². The van der Waals surface area contributed by atoms with Crippen LogP contribution < -0.4 is 0 Å². The Kier molecular flexibility index (Phi) is 6.80. The van der Waals surface area contributed by atoms with Gasteiger partial charge in [-0.25, -0.2) is 4.79 Å². The van der Waals surface area contributed by atoms with E-state index >= 15 is 0 Å². The second-order valence-corrected chi connectivity index (χ2v) is 7.79. The average molecular weight is 376 g/mol. The molecular formula is C25H28O3. The molecule has 146 valence electrons. The van der Waals surface area contributed by atoms with Crippen molar-refractivity contribution in [3.8, 4) is 0 Å². The van der Waals surface area contributed by atoms with Crippen LogP contribution in [0.2, 0.25) is 0 Å². The largest absolute Gasteiger partial charge is 0.462 e. The van der Waals surface area contributed by atoms with E-state index in [9.17, 15) is 9.59 Å². The summed E-state index contributed by atoms with van der Waals surface area (Å²) in [7, 11) is 0. The smallest absolute Gasteiger partial charge is 0.330 e. The van der Waals surface area contributed by atoms with Crippen molar-refractivity contribution < 1.29 is 14.3 Å². The van der Waals surface area contributed by atoms with Crippen molar-refractivity contribution >= 4 is 11.8 Å². The maximum Gasteiger partial charge on any atom is 0.330 e. The quantitative estimate of drug-likeness (QED) is 0.310. The van der Waals surface area contributed by atoms with Crippen molar-refractivity contribution in [1.29, 1.82) is 0 Å². The summed E-state index contributed by atoms with van der Waals surface area (Å²) in [5, 5.41) is 0. The summed E-state index contributed by atoms with van der Waals surface area (Å²) < 4.78 is 5.09. The lowest BCUT2D eigenvalue weighted by Crippen LogP contribution is -2.09. The average Bonchev–Trinajstić information content (AvgIpc) is 3.51. The Hall–Kier alpha value is -2.68. The van der Waals surface area contributed by atoms with Crippen LogP contribution in [0.25, 0.3) is 0 Å². The standard InChI is InChI=1S/C25H28O3/c1-3-24(26)28-17-18(2)8-7-11-22-16-23(22)19-12-14-21(15-13-19)25(27)20-9-5-4-6-10-20/h3-6,9-10,12-15,18,22-23H,1,7-8,11,16-17H2,2H3.